The monoisotopic (exact) mass is 1100 g/mol. The molecule has 5 amide bonds. The molecule has 0 aliphatic heterocycles. The number of carbonyl (C=O) groups excluding carboxylic acids is 8. The average Bonchev–Trinajstić information content (AvgIpc) is 3.36. The number of carboxylic acid groups (broad SMARTS) is 4. The van der Waals surface area contributed by atoms with E-state index in [-0.39, 0.29) is 95.2 Å². The SMILES string of the molecule is CC(=O)CCCCCCCCCCCCCCCCC(=O)N[C@@H](CCC(=O)N[C@@H](CCC(=O)NCCOCCOCC(=O)C[C@@H](CCC(=O)N[C@@H](CCC(=O)NCCCC[C@H](C)C(C)=O)C(=O)O)C(=O)O)C(=O)O)C(=O)O. The molecule has 0 saturated heterocycles. The molecule has 9 N–H and O–H groups in total. The number of hydrogen-bond acceptors (Lipinski definition) is 14. The summed E-state index contributed by atoms with van der Waals surface area (Å²) < 4.78 is 10.6. The van der Waals surface area contributed by atoms with E-state index in [1.165, 1.54) is 51.9 Å². The van der Waals surface area contributed by atoms with Crippen molar-refractivity contribution >= 4 is 70.8 Å². The van der Waals surface area contributed by atoms with Gasteiger partial charge in [0, 0.05) is 64.0 Å². The van der Waals surface area contributed by atoms with Crippen LogP contribution in [0.5, 0.6) is 0 Å². The Kier molecular flexibility index (Phi) is 41.8. The zero-order chi connectivity index (χ0) is 57.8. The highest BCUT2D eigenvalue weighted by molar-refractivity contribution is 5.88. The molecule has 440 valence electrons. The van der Waals surface area contributed by atoms with Crippen LogP contribution in [0.3, 0.4) is 0 Å². The van der Waals surface area contributed by atoms with Crippen molar-refractivity contribution in [2.75, 3.05) is 39.5 Å². The van der Waals surface area contributed by atoms with E-state index in [1.807, 2.05) is 6.92 Å². The summed E-state index contributed by atoms with van der Waals surface area (Å²) in [7, 11) is 0. The van der Waals surface area contributed by atoms with E-state index >= 15 is 0 Å². The molecule has 0 aromatic carbocycles. The maximum absolute atomic E-state index is 12.6. The second kappa shape index (κ2) is 45.2. The number of nitrogens with one attached hydrogen (secondary N) is 5. The zero-order valence-corrected chi connectivity index (χ0v) is 45.9. The van der Waals surface area contributed by atoms with Gasteiger partial charge in [0.2, 0.25) is 29.5 Å². The molecule has 0 aromatic heterocycles. The Morgan fingerprint density at radius 1 is 0.390 bits per heavy atom. The van der Waals surface area contributed by atoms with Crippen LogP contribution < -0.4 is 26.6 Å². The van der Waals surface area contributed by atoms with Crippen LogP contribution in [-0.4, -0.2) is 149 Å². The maximum atomic E-state index is 12.6. The topological polar surface area (TPSA) is 364 Å². The summed E-state index contributed by atoms with van der Waals surface area (Å²) in [5.41, 5.74) is 0. The van der Waals surface area contributed by atoms with E-state index < -0.39 is 103 Å². The van der Waals surface area contributed by atoms with Crippen molar-refractivity contribution in [3.05, 3.63) is 0 Å². The number of amides is 5. The van der Waals surface area contributed by atoms with Crippen LogP contribution in [0.4, 0.5) is 0 Å². The molecule has 0 radical (unpaired) electrons. The first-order valence-electron chi connectivity index (χ1n) is 27.6. The molecule has 0 rings (SSSR count). The Balaban J connectivity index is 4.29. The van der Waals surface area contributed by atoms with Crippen LogP contribution in [0.25, 0.3) is 0 Å². The zero-order valence-electron chi connectivity index (χ0n) is 45.9. The molecular formula is C54H91N5O18. The minimum absolute atomic E-state index is 0.00616. The molecule has 0 spiro atoms. The van der Waals surface area contributed by atoms with Gasteiger partial charge in [-0.2, -0.15) is 0 Å². The normalized spacial score (nSPS) is 13.0. The van der Waals surface area contributed by atoms with E-state index in [1.54, 1.807) is 6.92 Å². The summed E-state index contributed by atoms with van der Waals surface area (Å²) in [6.45, 7) is 4.85. The van der Waals surface area contributed by atoms with Crippen LogP contribution in [-0.2, 0) is 67.0 Å². The predicted octanol–water partition coefficient (Wildman–Crippen LogP) is 4.97. The lowest BCUT2D eigenvalue weighted by Crippen LogP contribution is -2.44. The second-order valence-corrected chi connectivity index (χ2v) is 19.8. The Labute approximate surface area is 453 Å². The van der Waals surface area contributed by atoms with Gasteiger partial charge in [0.25, 0.3) is 0 Å². The third kappa shape index (κ3) is 41.9. The molecule has 0 bridgehead atoms. The summed E-state index contributed by atoms with van der Waals surface area (Å²) in [5.74, 6) is -9.91. The van der Waals surface area contributed by atoms with Crippen molar-refractivity contribution in [2.45, 2.75) is 219 Å². The Bertz CT molecular complexity index is 1830. The van der Waals surface area contributed by atoms with E-state index in [9.17, 15) is 78.0 Å². The van der Waals surface area contributed by atoms with Gasteiger partial charge in [-0.3, -0.25) is 38.4 Å². The molecular weight excluding hydrogens is 1010 g/mol. The number of ketones is 3. The van der Waals surface area contributed by atoms with Crippen LogP contribution in [0.1, 0.15) is 201 Å². The van der Waals surface area contributed by atoms with E-state index in [2.05, 4.69) is 26.6 Å². The van der Waals surface area contributed by atoms with Crippen LogP contribution in [0, 0.1) is 11.8 Å². The van der Waals surface area contributed by atoms with Crippen molar-refractivity contribution < 1.29 is 87.4 Å². The number of aliphatic carboxylic acids is 4. The highest BCUT2D eigenvalue weighted by atomic mass is 16.5. The quantitative estimate of drug-likeness (QED) is 0.0363. The minimum Gasteiger partial charge on any atom is -0.481 e. The number of hydrogen-bond donors (Lipinski definition) is 9. The lowest BCUT2D eigenvalue weighted by atomic mass is 9.97. The Hall–Kier alpha value is -5.84. The van der Waals surface area contributed by atoms with Crippen molar-refractivity contribution in [3.8, 4) is 0 Å². The third-order valence-corrected chi connectivity index (χ3v) is 12.9. The molecule has 0 aliphatic rings. The van der Waals surface area contributed by atoms with Gasteiger partial charge >= 0.3 is 23.9 Å². The van der Waals surface area contributed by atoms with E-state index in [0.717, 1.165) is 44.9 Å². The first kappa shape index (κ1) is 71.2. The molecule has 0 saturated carbocycles. The van der Waals surface area contributed by atoms with Crippen molar-refractivity contribution in [1.29, 1.82) is 0 Å². The van der Waals surface area contributed by atoms with E-state index in [4.69, 9.17) is 9.47 Å². The number of carboxylic acids is 4. The number of carbonyl (C=O) groups is 12. The van der Waals surface area contributed by atoms with Crippen molar-refractivity contribution in [3.63, 3.8) is 0 Å². The van der Waals surface area contributed by atoms with Gasteiger partial charge in [-0.1, -0.05) is 90.4 Å². The lowest BCUT2D eigenvalue weighted by molar-refractivity contribution is -0.145. The molecule has 23 nitrogen and oxygen atoms in total. The van der Waals surface area contributed by atoms with Crippen molar-refractivity contribution in [1.82, 2.24) is 26.6 Å². The van der Waals surface area contributed by atoms with Crippen LogP contribution >= 0.6 is 0 Å². The molecule has 0 fully saturated rings. The molecule has 0 unspecified atom stereocenters. The molecule has 77 heavy (non-hydrogen) atoms. The molecule has 0 aromatic rings. The van der Waals surface area contributed by atoms with Crippen molar-refractivity contribution in [2.24, 2.45) is 11.8 Å². The van der Waals surface area contributed by atoms with E-state index in [0.29, 0.717) is 32.2 Å². The van der Waals surface area contributed by atoms with Gasteiger partial charge in [-0.25, -0.2) is 14.4 Å². The number of unbranched alkanes of at least 4 members (excludes halogenated alkanes) is 14. The van der Waals surface area contributed by atoms with Gasteiger partial charge in [-0.15, -0.1) is 0 Å². The predicted molar refractivity (Wildman–Crippen MR) is 282 cm³/mol. The first-order valence-corrected chi connectivity index (χ1v) is 27.6. The fourth-order valence-corrected chi connectivity index (χ4v) is 7.98. The number of Topliss-reactive ketones (excluding diaryl/α,β-unsaturated/α-hetero) is 3. The van der Waals surface area contributed by atoms with Gasteiger partial charge in [0.15, 0.2) is 5.78 Å². The third-order valence-electron chi connectivity index (χ3n) is 12.9. The lowest BCUT2D eigenvalue weighted by Gasteiger charge is -2.17. The van der Waals surface area contributed by atoms with Crippen LogP contribution in [0.15, 0.2) is 0 Å². The Morgan fingerprint density at radius 3 is 1.21 bits per heavy atom. The van der Waals surface area contributed by atoms with Crippen LogP contribution in [0.2, 0.25) is 0 Å². The summed E-state index contributed by atoms with van der Waals surface area (Å²) in [6, 6.07) is -4.18. The van der Waals surface area contributed by atoms with Gasteiger partial charge < -0.3 is 61.3 Å². The average molecular weight is 1100 g/mol. The molecule has 0 heterocycles. The molecule has 5 atom stereocenters. The summed E-state index contributed by atoms with van der Waals surface area (Å²) >= 11 is 0. The number of ether oxygens (including phenoxy) is 2. The fourth-order valence-electron chi connectivity index (χ4n) is 7.98. The smallest absolute Gasteiger partial charge is 0.326 e. The molecule has 23 heteroatoms. The van der Waals surface area contributed by atoms with Gasteiger partial charge in [0.1, 0.15) is 36.3 Å². The maximum Gasteiger partial charge on any atom is 0.326 e. The first-order chi connectivity index (χ1) is 36.6. The number of rotatable bonds is 52. The highest BCUT2D eigenvalue weighted by Gasteiger charge is 2.27. The summed E-state index contributed by atoms with van der Waals surface area (Å²) in [6.07, 6.45) is 15.4. The largest absolute Gasteiger partial charge is 0.481 e. The Morgan fingerprint density at radius 2 is 0.779 bits per heavy atom. The highest BCUT2D eigenvalue weighted by Crippen LogP contribution is 2.16. The summed E-state index contributed by atoms with van der Waals surface area (Å²) in [5, 5.41) is 50.6. The van der Waals surface area contributed by atoms with Gasteiger partial charge in [-0.05, 0) is 65.2 Å². The molecule has 0 aliphatic carbocycles. The minimum atomic E-state index is -1.44. The van der Waals surface area contributed by atoms with Gasteiger partial charge in [0.05, 0.1) is 25.7 Å². The second-order valence-electron chi connectivity index (χ2n) is 19.8. The summed E-state index contributed by atoms with van der Waals surface area (Å²) in [4.78, 5) is 144. The standard InChI is InChI=1S/C54H91N5O18/c1-38(40(3)61)20-18-19-31-55-46(63)28-24-43(52(70)71)58-49(66)27-23-41(51(68)69)36-42(62)37-77-35-34-76-33-32-56-47(64)29-25-44(53(72)73)59-50(67)30-26-45(54(74)75)57-48(65)22-17-15-13-11-9-7-5-4-6-8-10-12-14-16-21-39(2)60/h38,41,43-45H,4-37H2,1-3H3,(H,55,63)(H,56,64)(H,57,65)(H,58,66)(H,59,67)(H,68,69)(H,70,71)(H,72,73)(H,74,75)/t38-,41+,43-,44-,45-/m0/s1. The fraction of sp³-hybridized carbons (Fsp3) is 0.778.